The van der Waals surface area contributed by atoms with Gasteiger partial charge in [-0.25, -0.2) is 15.0 Å². The van der Waals surface area contributed by atoms with Gasteiger partial charge in [0.15, 0.2) is 0 Å². The van der Waals surface area contributed by atoms with Gasteiger partial charge in [-0.15, -0.1) is 0 Å². The standard InChI is InChI=1S/C20H28N4O5.K/c1-19(2)11-28-17(23-19)14-8-13(27-7-5-6-21-10-16(25)26)9-15(22-14)18-24-20(3,4)12-29-18;/h8-9,21H,5-7,10-12H2,1-4H3,(H,25,26);/q;+1/p-1. The Morgan fingerprint density at radius 2 is 1.63 bits per heavy atom. The molecule has 2 aliphatic heterocycles. The number of carboxylic acids is 1. The van der Waals surface area contributed by atoms with Crippen molar-refractivity contribution in [1.29, 1.82) is 0 Å². The molecule has 0 fully saturated rings. The second-order valence-corrected chi connectivity index (χ2v) is 8.36. The molecule has 10 heteroatoms. The fraction of sp³-hybridized carbons (Fsp3) is 0.600. The summed E-state index contributed by atoms with van der Waals surface area (Å²) in [5.41, 5.74) is 0.521. The van der Waals surface area contributed by atoms with Crippen molar-refractivity contribution in [3.8, 4) is 5.75 Å². The van der Waals surface area contributed by atoms with E-state index < -0.39 is 5.97 Å². The summed E-state index contributed by atoms with van der Waals surface area (Å²) in [6.45, 7) is 9.68. The predicted molar refractivity (Wildman–Crippen MR) is 105 cm³/mol. The number of carbonyl (C=O) groups excluding carboxylic acids is 1. The molecule has 0 saturated carbocycles. The number of hydrogen-bond acceptors (Lipinski definition) is 9. The van der Waals surface area contributed by atoms with Crippen LogP contribution in [0.25, 0.3) is 0 Å². The van der Waals surface area contributed by atoms with Gasteiger partial charge in [0.2, 0.25) is 11.8 Å². The Morgan fingerprint density at radius 1 is 1.10 bits per heavy atom. The molecule has 158 valence electrons. The summed E-state index contributed by atoms with van der Waals surface area (Å²) >= 11 is 0. The number of hydrogen-bond donors (Lipinski definition) is 1. The molecule has 0 bridgehead atoms. The Hall–Kier alpha value is -1.04. The zero-order chi connectivity index (χ0) is 21.1. The first kappa shape index (κ1) is 25.2. The van der Waals surface area contributed by atoms with Gasteiger partial charge in [-0.2, -0.15) is 0 Å². The van der Waals surface area contributed by atoms with Crippen molar-refractivity contribution in [2.75, 3.05) is 32.9 Å². The van der Waals surface area contributed by atoms with Crippen LogP contribution in [-0.4, -0.2) is 66.7 Å². The van der Waals surface area contributed by atoms with Crippen molar-refractivity contribution in [3.63, 3.8) is 0 Å². The van der Waals surface area contributed by atoms with E-state index in [2.05, 4.69) is 20.3 Å². The van der Waals surface area contributed by atoms with Crippen LogP contribution in [0.1, 0.15) is 45.5 Å². The van der Waals surface area contributed by atoms with E-state index in [1.807, 2.05) is 27.7 Å². The Balaban J connectivity index is 0.00000320. The maximum atomic E-state index is 10.4. The number of aliphatic imine (C=N–C) groups is 2. The number of pyridine rings is 1. The molecular weight excluding hydrogens is 415 g/mol. The first-order valence-electron chi connectivity index (χ1n) is 9.65. The molecule has 0 amide bonds. The molecular formula is C20H27KN4O5. The maximum Gasteiger partial charge on any atom is 1.00 e. The number of carboxylic acid groups (broad SMARTS) is 1. The van der Waals surface area contributed by atoms with Crippen LogP contribution in [-0.2, 0) is 14.3 Å². The van der Waals surface area contributed by atoms with Gasteiger partial charge in [-0.3, -0.25) is 0 Å². The SMILES string of the molecule is CC1(C)COC(c2cc(OCCCNCC(=O)[O-])cc(C3=NC(C)(C)CO3)n2)=N1.[K+]. The summed E-state index contributed by atoms with van der Waals surface area (Å²) in [5.74, 6) is 0.400. The third kappa shape index (κ3) is 7.28. The minimum Gasteiger partial charge on any atom is -0.549 e. The second-order valence-electron chi connectivity index (χ2n) is 8.36. The molecule has 2 aliphatic rings. The van der Waals surface area contributed by atoms with E-state index in [1.54, 1.807) is 12.1 Å². The predicted octanol–water partition coefficient (Wildman–Crippen LogP) is -2.70. The van der Waals surface area contributed by atoms with Crippen LogP contribution in [0, 0.1) is 0 Å². The first-order chi connectivity index (χ1) is 13.6. The maximum absolute atomic E-state index is 10.4. The molecule has 0 aliphatic carbocycles. The fourth-order valence-corrected chi connectivity index (χ4v) is 2.82. The van der Waals surface area contributed by atoms with Crippen molar-refractivity contribution in [2.24, 2.45) is 9.98 Å². The monoisotopic (exact) mass is 442 g/mol. The Kier molecular flexibility index (Phi) is 8.84. The van der Waals surface area contributed by atoms with E-state index in [0.717, 1.165) is 0 Å². The van der Waals surface area contributed by atoms with Gasteiger partial charge < -0.3 is 29.4 Å². The number of ether oxygens (including phenoxy) is 3. The Bertz CT molecular complexity index is 786. The molecule has 1 aromatic rings. The van der Waals surface area contributed by atoms with Crippen molar-refractivity contribution < 1.29 is 75.5 Å². The van der Waals surface area contributed by atoms with E-state index >= 15 is 0 Å². The largest absolute Gasteiger partial charge is 1.00 e. The fourth-order valence-electron chi connectivity index (χ4n) is 2.82. The molecule has 1 aromatic heterocycles. The van der Waals surface area contributed by atoms with E-state index in [1.165, 1.54) is 0 Å². The smallest absolute Gasteiger partial charge is 0.549 e. The number of nitrogens with zero attached hydrogens (tertiary/aromatic N) is 3. The van der Waals surface area contributed by atoms with Gasteiger partial charge in [0.05, 0.1) is 23.7 Å². The van der Waals surface area contributed by atoms with E-state index in [-0.39, 0.29) is 69.0 Å². The van der Waals surface area contributed by atoms with Gasteiger partial charge >= 0.3 is 51.4 Å². The minimum atomic E-state index is -1.13. The van der Waals surface area contributed by atoms with Crippen LogP contribution in [0.15, 0.2) is 22.1 Å². The molecule has 3 rings (SSSR count). The van der Waals surface area contributed by atoms with Crippen molar-refractivity contribution >= 4 is 17.8 Å². The molecule has 0 aromatic carbocycles. The van der Waals surface area contributed by atoms with Gasteiger partial charge in [-0.05, 0) is 40.7 Å². The van der Waals surface area contributed by atoms with Crippen molar-refractivity contribution in [1.82, 2.24) is 10.3 Å². The summed E-state index contributed by atoms with van der Waals surface area (Å²) in [7, 11) is 0. The molecule has 1 N–H and O–H groups in total. The molecule has 0 unspecified atom stereocenters. The number of nitrogens with one attached hydrogen (secondary N) is 1. The van der Waals surface area contributed by atoms with Gasteiger partial charge in [0, 0.05) is 18.7 Å². The molecule has 0 atom stereocenters. The molecule has 0 spiro atoms. The molecule has 30 heavy (non-hydrogen) atoms. The van der Waals surface area contributed by atoms with Crippen molar-refractivity contribution in [3.05, 3.63) is 23.5 Å². The zero-order valence-corrected chi connectivity index (χ0v) is 21.4. The summed E-state index contributed by atoms with van der Waals surface area (Å²) in [4.78, 5) is 24.2. The molecule has 0 saturated heterocycles. The average molecular weight is 443 g/mol. The van der Waals surface area contributed by atoms with Crippen LogP contribution in [0.2, 0.25) is 0 Å². The topological polar surface area (TPSA) is 117 Å². The second kappa shape index (κ2) is 10.5. The van der Waals surface area contributed by atoms with Crippen LogP contribution in [0.4, 0.5) is 0 Å². The minimum absolute atomic E-state index is 0. The van der Waals surface area contributed by atoms with Crippen LogP contribution < -0.4 is 66.5 Å². The Morgan fingerprint density at radius 3 is 2.07 bits per heavy atom. The third-order valence-corrected chi connectivity index (χ3v) is 4.21. The summed E-state index contributed by atoms with van der Waals surface area (Å²) in [5, 5.41) is 13.2. The van der Waals surface area contributed by atoms with E-state index in [9.17, 15) is 9.90 Å². The van der Waals surface area contributed by atoms with Crippen LogP contribution in [0.3, 0.4) is 0 Å². The molecule has 3 heterocycles. The number of rotatable bonds is 9. The molecule has 9 nitrogen and oxygen atoms in total. The summed E-state index contributed by atoms with van der Waals surface area (Å²) in [6, 6.07) is 3.55. The normalized spacial score (nSPS) is 18.5. The average Bonchev–Trinajstić information content (AvgIpc) is 3.19. The van der Waals surface area contributed by atoms with E-state index in [4.69, 9.17) is 14.2 Å². The zero-order valence-electron chi connectivity index (χ0n) is 18.3. The quantitative estimate of drug-likeness (QED) is 0.327. The number of aliphatic carboxylic acids is 1. The van der Waals surface area contributed by atoms with E-state index in [0.29, 0.717) is 61.7 Å². The van der Waals surface area contributed by atoms with Crippen LogP contribution >= 0.6 is 0 Å². The molecule has 0 radical (unpaired) electrons. The third-order valence-electron chi connectivity index (χ3n) is 4.21. The number of carbonyl (C=O) groups is 1. The van der Waals surface area contributed by atoms with Crippen molar-refractivity contribution in [2.45, 2.75) is 45.2 Å². The van der Waals surface area contributed by atoms with Gasteiger partial charge in [0.25, 0.3) is 0 Å². The number of aromatic nitrogens is 1. The summed E-state index contributed by atoms with van der Waals surface area (Å²) < 4.78 is 17.3. The van der Waals surface area contributed by atoms with Crippen LogP contribution in [0.5, 0.6) is 5.75 Å². The van der Waals surface area contributed by atoms with Gasteiger partial charge in [0.1, 0.15) is 30.4 Å². The summed E-state index contributed by atoms with van der Waals surface area (Å²) in [6.07, 6.45) is 0.634. The first-order valence-corrected chi connectivity index (χ1v) is 9.65. The Labute approximate surface area is 219 Å². The van der Waals surface area contributed by atoms with Gasteiger partial charge in [-0.1, -0.05) is 0 Å².